The summed E-state index contributed by atoms with van der Waals surface area (Å²) in [7, 11) is 0. The van der Waals surface area contributed by atoms with Crippen LogP contribution in [0, 0.1) is 5.41 Å². The van der Waals surface area contributed by atoms with Crippen molar-refractivity contribution in [2.24, 2.45) is 5.41 Å². The summed E-state index contributed by atoms with van der Waals surface area (Å²) < 4.78 is 0. The summed E-state index contributed by atoms with van der Waals surface area (Å²) in [6, 6.07) is 3.13. The van der Waals surface area contributed by atoms with Gasteiger partial charge in [-0.3, -0.25) is 19.4 Å². The van der Waals surface area contributed by atoms with Gasteiger partial charge in [0.15, 0.2) is 0 Å². The first-order valence-electron chi connectivity index (χ1n) is 10.4. The molecule has 158 valence electrons. The molecule has 2 aliphatic heterocycles. The van der Waals surface area contributed by atoms with Crippen molar-refractivity contribution in [3.05, 3.63) is 57.5 Å². The van der Waals surface area contributed by atoms with Crippen molar-refractivity contribution in [3.8, 4) is 0 Å². The van der Waals surface area contributed by atoms with Crippen molar-refractivity contribution in [1.29, 1.82) is 0 Å². The Kier molecular flexibility index (Phi) is 5.17. The lowest BCUT2D eigenvalue weighted by Gasteiger charge is -2.32. The van der Waals surface area contributed by atoms with Gasteiger partial charge in [-0.05, 0) is 31.4 Å². The number of carbonyl (C=O) groups excluding carboxylic acids is 2. The number of hydrogen-bond donors (Lipinski definition) is 1. The van der Waals surface area contributed by atoms with Crippen LogP contribution >= 0.6 is 0 Å². The van der Waals surface area contributed by atoms with E-state index in [-0.39, 0.29) is 30.0 Å². The molecule has 2 aliphatic rings. The van der Waals surface area contributed by atoms with E-state index in [1.165, 1.54) is 0 Å². The molecule has 1 atom stereocenters. The first-order chi connectivity index (χ1) is 14.3. The molecule has 0 bridgehead atoms. The number of rotatable bonds is 2. The molecule has 1 fully saturated rings. The summed E-state index contributed by atoms with van der Waals surface area (Å²) in [6.45, 7) is 7.11. The maximum atomic E-state index is 12.9. The van der Waals surface area contributed by atoms with Gasteiger partial charge >= 0.3 is 0 Å². The minimum atomic E-state index is -0.495. The highest BCUT2D eigenvalue weighted by Crippen LogP contribution is 2.34. The predicted octanol–water partition coefficient (Wildman–Crippen LogP) is 2.07. The Morgan fingerprint density at radius 1 is 1.17 bits per heavy atom. The molecule has 0 spiro atoms. The first-order valence-corrected chi connectivity index (χ1v) is 10.4. The lowest BCUT2D eigenvalue weighted by Crippen LogP contribution is -2.42. The van der Waals surface area contributed by atoms with Crippen LogP contribution in [-0.2, 0) is 17.8 Å². The number of amides is 2. The molecule has 0 radical (unpaired) electrons. The number of nitrogens with zero attached hydrogens (tertiary/aromatic N) is 4. The molecule has 0 unspecified atom stereocenters. The highest BCUT2D eigenvalue weighted by atomic mass is 16.2. The topological polar surface area (TPSA) is 99.3 Å². The number of pyridine rings is 1. The van der Waals surface area contributed by atoms with E-state index >= 15 is 0 Å². The Morgan fingerprint density at radius 3 is 2.60 bits per heavy atom. The Hall–Kier alpha value is -3.03. The smallest absolute Gasteiger partial charge is 0.254 e. The van der Waals surface area contributed by atoms with E-state index in [1.807, 2.05) is 25.7 Å². The normalized spacial score (nSPS) is 19.0. The molecule has 2 aromatic rings. The summed E-state index contributed by atoms with van der Waals surface area (Å²) in [6.07, 6.45) is 5.29. The monoisotopic (exact) mass is 409 g/mol. The fourth-order valence-corrected chi connectivity index (χ4v) is 4.19. The fourth-order valence-electron chi connectivity index (χ4n) is 4.19. The van der Waals surface area contributed by atoms with Crippen LogP contribution in [0.4, 0.5) is 0 Å². The quantitative estimate of drug-likeness (QED) is 0.819. The van der Waals surface area contributed by atoms with E-state index in [1.54, 1.807) is 29.4 Å². The molecule has 4 rings (SSSR count). The number of fused-ring (bicyclic) bond motifs is 1. The number of aromatic amines is 1. The van der Waals surface area contributed by atoms with Crippen LogP contribution in [-0.4, -0.2) is 49.7 Å². The molecule has 8 nitrogen and oxygen atoms in total. The van der Waals surface area contributed by atoms with Crippen molar-refractivity contribution < 1.29 is 9.59 Å². The molecule has 1 N–H and O–H groups in total. The van der Waals surface area contributed by atoms with Gasteiger partial charge in [0.2, 0.25) is 5.91 Å². The van der Waals surface area contributed by atoms with Crippen molar-refractivity contribution in [2.75, 3.05) is 13.1 Å². The minimum Gasteiger partial charge on any atom is -0.332 e. The van der Waals surface area contributed by atoms with Crippen LogP contribution in [0.1, 0.15) is 67.1 Å². The molecule has 0 aliphatic carbocycles. The second kappa shape index (κ2) is 7.66. The van der Waals surface area contributed by atoms with E-state index < -0.39 is 5.41 Å². The van der Waals surface area contributed by atoms with E-state index in [0.717, 1.165) is 12.8 Å². The van der Waals surface area contributed by atoms with Gasteiger partial charge in [-0.1, -0.05) is 20.8 Å². The number of aromatic nitrogens is 3. The molecule has 8 heteroatoms. The molecule has 0 aromatic carbocycles. The minimum absolute atomic E-state index is 0.0554. The number of hydrogen-bond acceptors (Lipinski definition) is 5. The summed E-state index contributed by atoms with van der Waals surface area (Å²) in [5.41, 5.74) is 1.16. The van der Waals surface area contributed by atoms with Crippen LogP contribution in [0.15, 0.2) is 29.3 Å². The molecular formula is C22H27N5O3. The van der Waals surface area contributed by atoms with Crippen LogP contribution in [0.25, 0.3) is 0 Å². The average Bonchev–Trinajstić information content (AvgIpc) is 3.22. The third kappa shape index (κ3) is 3.74. The second-order valence-electron chi connectivity index (χ2n) is 9.00. The molecule has 4 heterocycles. The number of H-pyrrole nitrogens is 1. The van der Waals surface area contributed by atoms with Crippen LogP contribution in [0.3, 0.4) is 0 Å². The van der Waals surface area contributed by atoms with Crippen molar-refractivity contribution in [3.63, 3.8) is 0 Å². The average molecular weight is 409 g/mol. The molecule has 0 saturated carbocycles. The van der Waals surface area contributed by atoms with E-state index in [0.29, 0.717) is 42.2 Å². The van der Waals surface area contributed by atoms with Gasteiger partial charge in [-0.15, -0.1) is 0 Å². The maximum Gasteiger partial charge on any atom is 0.254 e. The third-order valence-electron chi connectivity index (χ3n) is 5.78. The van der Waals surface area contributed by atoms with Gasteiger partial charge in [0.05, 0.1) is 18.3 Å². The van der Waals surface area contributed by atoms with Gasteiger partial charge in [0, 0.05) is 42.0 Å². The first kappa shape index (κ1) is 20.3. The number of carbonyl (C=O) groups is 2. The lowest BCUT2D eigenvalue weighted by atomic mass is 9.94. The largest absolute Gasteiger partial charge is 0.332 e. The standard InChI is InChI=1S/C22H27N5O3/c1-22(2,3)21(30)27-11-4-5-17(27)18-24-16-13-26(12-8-15(16)19(28)25-18)20(29)14-6-9-23-10-7-14/h6-7,9-10,17H,4-5,8,11-13H2,1-3H3,(H,24,25,28)/t17-/m1/s1. The lowest BCUT2D eigenvalue weighted by molar-refractivity contribution is -0.140. The maximum absolute atomic E-state index is 12.9. The summed E-state index contributed by atoms with van der Waals surface area (Å²) in [4.78, 5) is 53.6. The van der Waals surface area contributed by atoms with Gasteiger partial charge in [-0.25, -0.2) is 4.98 Å². The molecular weight excluding hydrogens is 382 g/mol. The zero-order valence-corrected chi connectivity index (χ0v) is 17.6. The Morgan fingerprint density at radius 2 is 1.90 bits per heavy atom. The van der Waals surface area contributed by atoms with Gasteiger partial charge < -0.3 is 14.8 Å². The van der Waals surface area contributed by atoms with Crippen molar-refractivity contribution in [2.45, 2.75) is 52.6 Å². The molecule has 2 aromatic heterocycles. The zero-order chi connectivity index (χ0) is 21.5. The molecule has 1 saturated heterocycles. The van der Waals surface area contributed by atoms with Crippen LogP contribution in [0.5, 0.6) is 0 Å². The fraction of sp³-hybridized carbons (Fsp3) is 0.500. The van der Waals surface area contributed by atoms with E-state index in [2.05, 4.69) is 9.97 Å². The highest BCUT2D eigenvalue weighted by Gasteiger charge is 2.37. The van der Waals surface area contributed by atoms with Crippen LogP contribution in [0.2, 0.25) is 0 Å². The zero-order valence-electron chi connectivity index (χ0n) is 17.6. The van der Waals surface area contributed by atoms with Crippen molar-refractivity contribution in [1.82, 2.24) is 24.8 Å². The Labute approximate surface area is 175 Å². The van der Waals surface area contributed by atoms with Crippen LogP contribution < -0.4 is 5.56 Å². The predicted molar refractivity (Wildman–Crippen MR) is 111 cm³/mol. The molecule has 30 heavy (non-hydrogen) atoms. The third-order valence-corrected chi connectivity index (χ3v) is 5.78. The Balaban J connectivity index is 1.62. The Bertz CT molecular complexity index is 1030. The number of likely N-dealkylation sites (tertiary alicyclic amines) is 1. The van der Waals surface area contributed by atoms with E-state index in [9.17, 15) is 14.4 Å². The summed E-state index contributed by atoms with van der Waals surface area (Å²) in [5.74, 6) is 0.476. The summed E-state index contributed by atoms with van der Waals surface area (Å²) in [5, 5.41) is 0. The highest BCUT2D eigenvalue weighted by molar-refractivity contribution is 5.94. The van der Waals surface area contributed by atoms with Crippen molar-refractivity contribution >= 4 is 11.8 Å². The second-order valence-corrected chi connectivity index (χ2v) is 9.00. The van der Waals surface area contributed by atoms with Gasteiger partial charge in [0.1, 0.15) is 5.82 Å². The van der Waals surface area contributed by atoms with E-state index in [4.69, 9.17) is 4.98 Å². The SMILES string of the molecule is CC(C)(C)C(=O)N1CCC[C@@H]1c1nc2c(c(=O)[nH]1)CCN(C(=O)c1ccncc1)C2. The number of nitrogens with one attached hydrogen (secondary N) is 1. The van der Waals surface area contributed by atoms with Gasteiger partial charge in [0.25, 0.3) is 11.5 Å². The molecule has 2 amide bonds. The van der Waals surface area contributed by atoms with Gasteiger partial charge in [-0.2, -0.15) is 0 Å². The summed E-state index contributed by atoms with van der Waals surface area (Å²) >= 11 is 0.